The van der Waals surface area contributed by atoms with Gasteiger partial charge in [0.25, 0.3) is 5.91 Å². The first-order chi connectivity index (χ1) is 8.72. The van der Waals surface area contributed by atoms with E-state index in [0.29, 0.717) is 18.0 Å². The smallest absolute Gasteiger partial charge is 0.254 e. The zero-order valence-corrected chi connectivity index (χ0v) is 11.0. The van der Waals surface area contributed by atoms with Crippen LogP contribution in [-0.2, 0) is 0 Å². The van der Waals surface area contributed by atoms with Gasteiger partial charge in [0.05, 0.1) is 0 Å². The number of alkyl halides is 1. The molecular formula is C14H17ClFNO. The molecule has 0 bridgehead atoms. The highest BCUT2D eigenvalue weighted by atomic mass is 35.5. The zero-order valence-electron chi connectivity index (χ0n) is 10.2. The van der Waals surface area contributed by atoms with Gasteiger partial charge in [0.15, 0.2) is 0 Å². The third-order valence-corrected chi connectivity index (χ3v) is 3.59. The Balaban J connectivity index is 2.17. The third-order valence-electron chi connectivity index (χ3n) is 3.42. The van der Waals surface area contributed by atoms with Gasteiger partial charge in [-0.2, -0.15) is 0 Å². The van der Waals surface area contributed by atoms with Crippen molar-refractivity contribution in [2.75, 3.05) is 12.4 Å². The number of amides is 1. The molecule has 1 fully saturated rings. The number of rotatable bonds is 4. The molecule has 2 nitrogen and oxygen atoms in total. The Labute approximate surface area is 112 Å². The van der Waals surface area contributed by atoms with Crippen LogP contribution in [0.1, 0.15) is 36.0 Å². The van der Waals surface area contributed by atoms with E-state index in [2.05, 4.69) is 0 Å². The molecule has 0 unspecified atom stereocenters. The van der Waals surface area contributed by atoms with Gasteiger partial charge in [-0.15, -0.1) is 11.6 Å². The van der Waals surface area contributed by atoms with Crippen molar-refractivity contribution in [3.63, 3.8) is 0 Å². The summed E-state index contributed by atoms with van der Waals surface area (Å²) < 4.78 is 13.2. The van der Waals surface area contributed by atoms with E-state index in [-0.39, 0.29) is 17.8 Å². The fraction of sp³-hybridized carbons (Fsp3) is 0.500. The van der Waals surface area contributed by atoms with Crippen LogP contribution >= 0.6 is 11.6 Å². The number of nitrogens with zero attached hydrogens (tertiary/aromatic N) is 1. The van der Waals surface area contributed by atoms with Gasteiger partial charge in [-0.1, -0.05) is 18.9 Å². The molecule has 98 valence electrons. The van der Waals surface area contributed by atoms with Crippen molar-refractivity contribution in [3.05, 3.63) is 35.6 Å². The molecule has 1 saturated carbocycles. The number of hydrogen-bond acceptors (Lipinski definition) is 1. The molecule has 0 saturated heterocycles. The van der Waals surface area contributed by atoms with E-state index in [0.717, 1.165) is 25.7 Å². The molecule has 1 aromatic rings. The molecule has 1 aliphatic carbocycles. The van der Waals surface area contributed by atoms with E-state index in [1.54, 1.807) is 17.0 Å². The molecule has 18 heavy (non-hydrogen) atoms. The molecule has 0 aliphatic heterocycles. The first kappa shape index (κ1) is 13.3. The monoisotopic (exact) mass is 269 g/mol. The minimum atomic E-state index is -0.377. The van der Waals surface area contributed by atoms with E-state index < -0.39 is 0 Å². The highest BCUT2D eigenvalue weighted by molar-refractivity contribution is 6.18. The van der Waals surface area contributed by atoms with Crippen molar-refractivity contribution in [2.45, 2.75) is 31.7 Å². The minimum Gasteiger partial charge on any atom is -0.334 e. The molecular weight excluding hydrogens is 253 g/mol. The second-order valence-electron chi connectivity index (χ2n) is 4.64. The Hall–Kier alpha value is -1.09. The molecule has 2 rings (SSSR count). The van der Waals surface area contributed by atoms with Crippen molar-refractivity contribution in [1.82, 2.24) is 4.90 Å². The van der Waals surface area contributed by atoms with Crippen molar-refractivity contribution >= 4 is 17.5 Å². The van der Waals surface area contributed by atoms with E-state index in [1.807, 2.05) is 0 Å². The average Bonchev–Trinajstić information content (AvgIpc) is 2.89. The Bertz CT molecular complexity index is 418. The second-order valence-corrected chi connectivity index (χ2v) is 5.01. The van der Waals surface area contributed by atoms with Crippen LogP contribution in [0.4, 0.5) is 4.39 Å². The number of carbonyl (C=O) groups excluding carboxylic acids is 1. The molecule has 1 amide bonds. The highest BCUT2D eigenvalue weighted by Gasteiger charge is 2.26. The Morgan fingerprint density at radius 1 is 1.39 bits per heavy atom. The summed E-state index contributed by atoms with van der Waals surface area (Å²) >= 11 is 5.77. The normalized spacial score (nSPS) is 15.9. The minimum absolute atomic E-state index is 0.109. The predicted octanol–water partition coefficient (Wildman–Crippen LogP) is 3.45. The summed E-state index contributed by atoms with van der Waals surface area (Å²) in [5.74, 6) is -0.0717. The van der Waals surface area contributed by atoms with E-state index >= 15 is 0 Å². The van der Waals surface area contributed by atoms with E-state index in [1.165, 1.54) is 12.1 Å². The summed E-state index contributed by atoms with van der Waals surface area (Å²) in [6.07, 6.45) is 4.36. The van der Waals surface area contributed by atoms with Crippen LogP contribution in [0.3, 0.4) is 0 Å². The lowest BCUT2D eigenvalue weighted by Gasteiger charge is -2.28. The molecule has 0 atom stereocenters. The lowest BCUT2D eigenvalue weighted by molar-refractivity contribution is 0.0694. The van der Waals surface area contributed by atoms with Crippen LogP contribution in [-0.4, -0.2) is 29.3 Å². The van der Waals surface area contributed by atoms with Gasteiger partial charge in [-0.3, -0.25) is 4.79 Å². The van der Waals surface area contributed by atoms with Gasteiger partial charge in [-0.05, 0) is 31.0 Å². The SMILES string of the molecule is O=C(c1cccc(F)c1)N(CCCl)C1CCCC1. The maximum absolute atomic E-state index is 13.2. The summed E-state index contributed by atoms with van der Waals surface area (Å²) in [5, 5.41) is 0. The summed E-state index contributed by atoms with van der Waals surface area (Å²) in [6, 6.07) is 6.12. The molecule has 0 radical (unpaired) electrons. The van der Waals surface area contributed by atoms with Gasteiger partial charge < -0.3 is 4.90 Å². The lowest BCUT2D eigenvalue weighted by Crippen LogP contribution is -2.40. The fourth-order valence-corrected chi connectivity index (χ4v) is 2.73. The molecule has 0 aromatic heterocycles. The van der Waals surface area contributed by atoms with Crippen LogP contribution < -0.4 is 0 Å². The largest absolute Gasteiger partial charge is 0.334 e. The maximum atomic E-state index is 13.2. The average molecular weight is 270 g/mol. The highest BCUT2D eigenvalue weighted by Crippen LogP contribution is 2.25. The van der Waals surface area contributed by atoms with Crippen molar-refractivity contribution in [3.8, 4) is 0 Å². The summed E-state index contributed by atoms with van der Waals surface area (Å²) in [7, 11) is 0. The molecule has 4 heteroatoms. The van der Waals surface area contributed by atoms with Crippen LogP contribution in [0.2, 0.25) is 0 Å². The molecule has 0 spiro atoms. The van der Waals surface area contributed by atoms with Crippen LogP contribution in [0.5, 0.6) is 0 Å². The van der Waals surface area contributed by atoms with Crippen LogP contribution in [0.15, 0.2) is 24.3 Å². The quantitative estimate of drug-likeness (QED) is 0.767. The fourth-order valence-electron chi connectivity index (χ4n) is 2.54. The summed E-state index contributed by atoms with van der Waals surface area (Å²) in [5.41, 5.74) is 0.409. The van der Waals surface area contributed by atoms with Crippen LogP contribution in [0, 0.1) is 5.82 Å². The Morgan fingerprint density at radius 3 is 2.72 bits per heavy atom. The predicted molar refractivity (Wildman–Crippen MR) is 70.4 cm³/mol. The van der Waals surface area contributed by atoms with Crippen molar-refractivity contribution in [1.29, 1.82) is 0 Å². The first-order valence-corrected chi connectivity index (χ1v) is 6.88. The summed E-state index contributed by atoms with van der Waals surface area (Å²) in [6.45, 7) is 0.529. The Morgan fingerprint density at radius 2 is 2.11 bits per heavy atom. The van der Waals surface area contributed by atoms with Gasteiger partial charge >= 0.3 is 0 Å². The van der Waals surface area contributed by atoms with Gasteiger partial charge in [0.1, 0.15) is 5.82 Å². The van der Waals surface area contributed by atoms with Gasteiger partial charge in [-0.25, -0.2) is 4.39 Å². The number of halogens is 2. The number of carbonyl (C=O) groups is 1. The van der Waals surface area contributed by atoms with Gasteiger partial charge in [0, 0.05) is 24.0 Å². The lowest BCUT2D eigenvalue weighted by atomic mass is 10.1. The van der Waals surface area contributed by atoms with Gasteiger partial charge in [0.2, 0.25) is 0 Å². The van der Waals surface area contributed by atoms with Crippen molar-refractivity contribution < 1.29 is 9.18 Å². The topological polar surface area (TPSA) is 20.3 Å². The molecule has 1 aromatic carbocycles. The molecule has 0 N–H and O–H groups in total. The number of benzene rings is 1. The number of hydrogen-bond donors (Lipinski definition) is 0. The Kier molecular flexibility index (Phi) is 4.59. The second kappa shape index (κ2) is 6.19. The third kappa shape index (κ3) is 3.02. The van der Waals surface area contributed by atoms with Crippen molar-refractivity contribution in [2.24, 2.45) is 0 Å². The van der Waals surface area contributed by atoms with Crippen LogP contribution in [0.25, 0.3) is 0 Å². The summed E-state index contributed by atoms with van der Waals surface area (Å²) in [4.78, 5) is 14.2. The maximum Gasteiger partial charge on any atom is 0.254 e. The molecule has 1 aliphatic rings. The zero-order chi connectivity index (χ0) is 13.0. The molecule has 0 heterocycles. The van der Waals surface area contributed by atoms with E-state index in [9.17, 15) is 9.18 Å². The standard InChI is InChI=1S/C14H17ClFNO/c15-8-9-17(13-6-1-2-7-13)14(18)11-4-3-5-12(16)10-11/h3-5,10,13H,1-2,6-9H2. The van der Waals surface area contributed by atoms with E-state index in [4.69, 9.17) is 11.6 Å². The first-order valence-electron chi connectivity index (χ1n) is 6.35.